The zero-order valence-corrected chi connectivity index (χ0v) is 15.9. The molecule has 4 aromatic rings. The smallest absolute Gasteiger partial charge is 0.335 e. The standard InChI is InChI=1S/C21H16ClN3O4/c22-15-1-2-17-19(10-15)24-18(11-20(17)25-4-3-23-12-25)13-7-14(21(27)28)9-16(8-13)29-6-5-26/h1-4,7-12,26H,5-6H2,(H,27,28). The number of aromatic nitrogens is 3. The highest BCUT2D eigenvalue weighted by atomic mass is 35.5. The van der Waals surface area contributed by atoms with E-state index in [1.807, 2.05) is 22.9 Å². The molecule has 7 nitrogen and oxygen atoms in total. The fourth-order valence-corrected chi connectivity index (χ4v) is 3.23. The highest BCUT2D eigenvalue weighted by molar-refractivity contribution is 6.31. The Hall–Kier alpha value is -3.42. The van der Waals surface area contributed by atoms with Crippen molar-refractivity contribution in [3.05, 3.63) is 71.8 Å². The molecule has 0 saturated heterocycles. The number of carbonyl (C=O) groups is 1. The van der Waals surface area contributed by atoms with E-state index in [-0.39, 0.29) is 18.8 Å². The van der Waals surface area contributed by atoms with Gasteiger partial charge in [0.1, 0.15) is 12.4 Å². The third kappa shape index (κ3) is 3.91. The van der Waals surface area contributed by atoms with Crippen LogP contribution in [-0.4, -0.2) is 43.9 Å². The third-order valence-corrected chi connectivity index (χ3v) is 4.58. The molecule has 2 aromatic carbocycles. The number of aromatic carboxylic acids is 1. The maximum Gasteiger partial charge on any atom is 0.335 e. The number of hydrogen-bond donors (Lipinski definition) is 2. The van der Waals surface area contributed by atoms with E-state index < -0.39 is 5.97 Å². The van der Waals surface area contributed by atoms with Gasteiger partial charge in [-0.1, -0.05) is 11.6 Å². The number of carboxylic acids is 1. The quantitative estimate of drug-likeness (QED) is 0.502. The molecule has 0 aliphatic heterocycles. The van der Waals surface area contributed by atoms with Crippen LogP contribution in [0.3, 0.4) is 0 Å². The fourth-order valence-electron chi connectivity index (χ4n) is 3.06. The number of benzene rings is 2. The SMILES string of the molecule is O=C(O)c1cc(OCCO)cc(-c2cc(-n3ccnc3)c3ccc(Cl)cc3n2)c1. The van der Waals surface area contributed by atoms with Crippen LogP contribution in [0.1, 0.15) is 10.4 Å². The van der Waals surface area contributed by atoms with Crippen molar-refractivity contribution in [2.75, 3.05) is 13.2 Å². The molecule has 4 rings (SSSR count). The summed E-state index contributed by atoms with van der Waals surface area (Å²) in [6, 6.07) is 11.9. The summed E-state index contributed by atoms with van der Waals surface area (Å²) in [5.41, 5.74) is 2.68. The second-order valence-corrected chi connectivity index (χ2v) is 6.72. The van der Waals surface area contributed by atoms with Crippen molar-refractivity contribution in [3.63, 3.8) is 0 Å². The van der Waals surface area contributed by atoms with E-state index >= 15 is 0 Å². The molecule has 0 aliphatic rings. The zero-order chi connectivity index (χ0) is 20.4. The Kier molecular flexibility index (Phi) is 5.16. The van der Waals surface area contributed by atoms with Gasteiger partial charge >= 0.3 is 5.97 Å². The molecule has 0 bridgehead atoms. The first kappa shape index (κ1) is 18.9. The summed E-state index contributed by atoms with van der Waals surface area (Å²) < 4.78 is 7.29. The average molecular weight is 410 g/mol. The Morgan fingerprint density at radius 1 is 1.17 bits per heavy atom. The van der Waals surface area contributed by atoms with Crippen molar-refractivity contribution >= 4 is 28.5 Å². The summed E-state index contributed by atoms with van der Waals surface area (Å²) in [5.74, 6) is -0.745. The maximum atomic E-state index is 11.6. The van der Waals surface area contributed by atoms with E-state index in [9.17, 15) is 9.90 Å². The molecular weight excluding hydrogens is 394 g/mol. The number of carboxylic acid groups (broad SMARTS) is 1. The Balaban J connectivity index is 1.94. The van der Waals surface area contributed by atoms with Gasteiger partial charge in [-0.3, -0.25) is 0 Å². The molecule has 29 heavy (non-hydrogen) atoms. The number of rotatable bonds is 6. The Labute approximate surface area is 170 Å². The monoisotopic (exact) mass is 409 g/mol. The molecule has 0 fully saturated rings. The first-order valence-electron chi connectivity index (χ1n) is 8.76. The minimum Gasteiger partial charge on any atom is -0.491 e. The van der Waals surface area contributed by atoms with E-state index in [0.717, 1.165) is 11.1 Å². The van der Waals surface area contributed by atoms with E-state index in [4.69, 9.17) is 21.4 Å². The lowest BCUT2D eigenvalue weighted by atomic mass is 10.0. The zero-order valence-electron chi connectivity index (χ0n) is 15.1. The maximum absolute atomic E-state index is 11.6. The van der Waals surface area contributed by atoms with Gasteiger partial charge in [-0.15, -0.1) is 0 Å². The number of fused-ring (bicyclic) bond motifs is 1. The number of aliphatic hydroxyl groups is 1. The van der Waals surface area contributed by atoms with Gasteiger partial charge in [-0.25, -0.2) is 14.8 Å². The summed E-state index contributed by atoms with van der Waals surface area (Å²) in [4.78, 5) is 20.4. The minimum atomic E-state index is -1.08. The van der Waals surface area contributed by atoms with Crippen LogP contribution in [0.2, 0.25) is 5.02 Å². The van der Waals surface area contributed by atoms with Crippen LogP contribution >= 0.6 is 11.6 Å². The summed E-state index contributed by atoms with van der Waals surface area (Å²) >= 11 is 6.16. The molecule has 0 radical (unpaired) electrons. The molecule has 0 aliphatic carbocycles. The van der Waals surface area contributed by atoms with Crippen LogP contribution < -0.4 is 4.74 Å². The molecule has 0 saturated carbocycles. The molecule has 2 aromatic heterocycles. The van der Waals surface area contributed by atoms with Gasteiger partial charge in [0.05, 0.1) is 35.4 Å². The van der Waals surface area contributed by atoms with Crippen LogP contribution in [0.25, 0.3) is 27.8 Å². The van der Waals surface area contributed by atoms with Crippen LogP contribution in [-0.2, 0) is 0 Å². The molecular formula is C21H16ClN3O4. The Bertz CT molecular complexity index is 1190. The number of imidazole rings is 1. The Morgan fingerprint density at radius 2 is 2.03 bits per heavy atom. The largest absolute Gasteiger partial charge is 0.491 e. The first-order valence-corrected chi connectivity index (χ1v) is 9.14. The first-order chi connectivity index (χ1) is 14.0. The number of ether oxygens (including phenoxy) is 1. The van der Waals surface area contributed by atoms with Crippen LogP contribution in [0, 0.1) is 0 Å². The second kappa shape index (κ2) is 7.90. The van der Waals surface area contributed by atoms with Crippen molar-refractivity contribution in [1.82, 2.24) is 14.5 Å². The number of hydrogen-bond acceptors (Lipinski definition) is 5. The Morgan fingerprint density at radius 3 is 2.76 bits per heavy atom. The van der Waals surface area contributed by atoms with Gasteiger partial charge in [0.15, 0.2) is 0 Å². The predicted molar refractivity (Wildman–Crippen MR) is 109 cm³/mol. The molecule has 2 heterocycles. The van der Waals surface area contributed by atoms with Gasteiger partial charge in [0.25, 0.3) is 0 Å². The lowest BCUT2D eigenvalue weighted by molar-refractivity contribution is 0.0696. The summed E-state index contributed by atoms with van der Waals surface area (Å²) in [6.45, 7) is -0.117. The summed E-state index contributed by atoms with van der Waals surface area (Å²) in [7, 11) is 0. The normalized spacial score (nSPS) is 11.0. The van der Waals surface area contributed by atoms with Crippen molar-refractivity contribution in [3.8, 4) is 22.7 Å². The fraction of sp³-hybridized carbons (Fsp3) is 0.0952. The minimum absolute atomic E-state index is 0.0591. The third-order valence-electron chi connectivity index (χ3n) is 4.34. The van der Waals surface area contributed by atoms with Crippen molar-refractivity contribution in [1.29, 1.82) is 0 Å². The number of pyridine rings is 1. The van der Waals surface area contributed by atoms with Crippen molar-refractivity contribution < 1.29 is 19.7 Å². The summed E-state index contributed by atoms with van der Waals surface area (Å²) in [6.07, 6.45) is 5.17. The van der Waals surface area contributed by atoms with Crippen LogP contribution in [0.4, 0.5) is 0 Å². The van der Waals surface area contributed by atoms with Gasteiger partial charge in [0, 0.05) is 28.4 Å². The molecule has 0 unspecified atom stereocenters. The highest BCUT2D eigenvalue weighted by Gasteiger charge is 2.14. The van der Waals surface area contributed by atoms with Gasteiger partial charge in [-0.2, -0.15) is 0 Å². The van der Waals surface area contributed by atoms with Crippen molar-refractivity contribution in [2.45, 2.75) is 0 Å². The molecule has 8 heteroatoms. The number of nitrogens with zero attached hydrogens (tertiary/aromatic N) is 3. The number of aliphatic hydroxyl groups excluding tert-OH is 1. The van der Waals surface area contributed by atoms with E-state index in [0.29, 0.717) is 27.5 Å². The molecule has 2 N–H and O–H groups in total. The topological polar surface area (TPSA) is 97.5 Å². The number of halogens is 1. The van der Waals surface area contributed by atoms with Gasteiger partial charge in [-0.05, 0) is 42.5 Å². The van der Waals surface area contributed by atoms with E-state index in [1.165, 1.54) is 12.1 Å². The van der Waals surface area contributed by atoms with Crippen LogP contribution in [0.5, 0.6) is 5.75 Å². The van der Waals surface area contributed by atoms with E-state index in [2.05, 4.69) is 9.97 Å². The van der Waals surface area contributed by atoms with Gasteiger partial charge in [0.2, 0.25) is 0 Å². The van der Waals surface area contributed by atoms with Crippen LogP contribution in [0.15, 0.2) is 61.2 Å². The predicted octanol–water partition coefficient (Wildman–Crippen LogP) is 3.81. The van der Waals surface area contributed by atoms with Crippen molar-refractivity contribution in [2.24, 2.45) is 0 Å². The summed E-state index contributed by atoms with van der Waals surface area (Å²) in [5, 5.41) is 19.9. The molecule has 0 atom stereocenters. The highest BCUT2D eigenvalue weighted by Crippen LogP contribution is 2.31. The molecule has 0 spiro atoms. The molecule has 0 amide bonds. The lowest BCUT2D eigenvalue weighted by Gasteiger charge is -2.13. The molecule has 146 valence electrons. The van der Waals surface area contributed by atoms with Gasteiger partial charge < -0.3 is 19.5 Å². The van der Waals surface area contributed by atoms with E-state index in [1.54, 1.807) is 30.7 Å². The average Bonchev–Trinajstić information content (AvgIpc) is 3.25. The second-order valence-electron chi connectivity index (χ2n) is 6.28. The lowest BCUT2D eigenvalue weighted by Crippen LogP contribution is -2.04.